The molecular weight excluding hydrogens is 216 g/mol. The molecule has 1 aliphatic rings. The molecule has 16 heavy (non-hydrogen) atoms. The molecule has 0 amide bonds. The quantitative estimate of drug-likeness (QED) is 0.551. The molecule has 96 valence electrons. The van der Waals surface area contributed by atoms with Gasteiger partial charge in [0.1, 0.15) is 5.60 Å². The van der Waals surface area contributed by atoms with Gasteiger partial charge in [0.25, 0.3) is 0 Å². The maximum Gasteiger partial charge on any atom is 0.192 e. The van der Waals surface area contributed by atoms with Crippen molar-refractivity contribution in [1.29, 1.82) is 0 Å². The highest BCUT2D eigenvalue weighted by Gasteiger charge is 2.57. The van der Waals surface area contributed by atoms with Crippen LogP contribution in [0.1, 0.15) is 48.0 Å². The van der Waals surface area contributed by atoms with E-state index in [0.29, 0.717) is 6.10 Å². The zero-order chi connectivity index (χ0) is 12.8. The molecule has 1 fully saturated rings. The van der Waals surface area contributed by atoms with E-state index in [1.54, 1.807) is 0 Å². The Kier molecular flexibility index (Phi) is 3.65. The topological polar surface area (TPSA) is 21.8 Å². The molecule has 0 radical (unpaired) electrons. The normalized spacial score (nSPS) is 32.6. The average Bonchev–Trinajstić information content (AvgIpc) is 2.76. The zero-order valence-electron chi connectivity index (χ0n) is 12.2. The molecule has 3 atom stereocenters. The second-order valence-electron chi connectivity index (χ2n) is 6.72. The van der Waals surface area contributed by atoms with Crippen molar-refractivity contribution in [2.75, 3.05) is 0 Å². The highest BCUT2D eigenvalue weighted by Crippen LogP contribution is 2.46. The van der Waals surface area contributed by atoms with Gasteiger partial charge in [-0.15, -0.1) is 0 Å². The van der Waals surface area contributed by atoms with Gasteiger partial charge in [-0.2, -0.15) is 0 Å². The van der Waals surface area contributed by atoms with Crippen molar-refractivity contribution in [2.45, 2.75) is 83.9 Å². The van der Waals surface area contributed by atoms with Crippen LogP contribution >= 0.6 is 0 Å². The van der Waals surface area contributed by atoms with Gasteiger partial charge in [0, 0.05) is 0 Å². The van der Waals surface area contributed by atoms with Crippen LogP contribution in [0.15, 0.2) is 0 Å². The molecule has 1 rings (SSSR count). The van der Waals surface area contributed by atoms with Crippen LogP contribution in [0.3, 0.4) is 0 Å². The molecule has 0 aromatic carbocycles. The molecule has 0 aromatic heterocycles. The van der Waals surface area contributed by atoms with E-state index in [0.717, 1.165) is 6.42 Å². The van der Waals surface area contributed by atoms with Crippen LogP contribution in [-0.4, -0.2) is 26.1 Å². The van der Waals surface area contributed by atoms with Gasteiger partial charge in [0.15, 0.2) is 8.32 Å². The molecule has 1 aliphatic heterocycles. The standard InChI is InChI=1S/C13H28O2Si/c1-9-11-13(6,14-11)10(2)15-16(7,8)12(3,4)5/h10-11H,9H2,1-8H3/t10-,11-,13-/m0/s1. The summed E-state index contributed by atoms with van der Waals surface area (Å²) in [6, 6.07) is 0. The summed E-state index contributed by atoms with van der Waals surface area (Å²) in [6.07, 6.45) is 1.69. The Balaban J connectivity index is 2.62. The molecule has 0 N–H and O–H groups in total. The van der Waals surface area contributed by atoms with E-state index in [9.17, 15) is 0 Å². The van der Waals surface area contributed by atoms with Gasteiger partial charge < -0.3 is 9.16 Å². The van der Waals surface area contributed by atoms with Gasteiger partial charge in [-0.3, -0.25) is 0 Å². The van der Waals surface area contributed by atoms with Crippen molar-refractivity contribution in [3.8, 4) is 0 Å². The molecule has 0 unspecified atom stereocenters. The Morgan fingerprint density at radius 2 is 1.88 bits per heavy atom. The number of hydrogen-bond donors (Lipinski definition) is 0. The van der Waals surface area contributed by atoms with Gasteiger partial charge in [-0.05, 0) is 38.4 Å². The first kappa shape index (κ1) is 14.2. The van der Waals surface area contributed by atoms with Crippen LogP contribution < -0.4 is 0 Å². The molecule has 0 bridgehead atoms. The lowest BCUT2D eigenvalue weighted by Crippen LogP contribution is -2.47. The predicted octanol–water partition coefficient (Wildman–Crippen LogP) is 3.96. The first-order valence-electron chi connectivity index (χ1n) is 6.40. The van der Waals surface area contributed by atoms with E-state index in [1.807, 2.05) is 0 Å². The third kappa shape index (κ3) is 2.52. The first-order valence-corrected chi connectivity index (χ1v) is 9.31. The fourth-order valence-corrected chi connectivity index (χ4v) is 3.33. The molecule has 2 nitrogen and oxygen atoms in total. The lowest BCUT2D eigenvalue weighted by molar-refractivity contribution is 0.108. The molecule has 0 spiro atoms. The minimum absolute atomic E-state index is 0.0374. The fourth-order valence-electron chi connectivity index (χ4n) is 1.85. The van der Waals surface area contributed by atoms with Gasteiger partial charge in [0.2, 0.25) is 0 Å². The van der Waals surface area contributed by atoms with E-state index in [-0.39, 0.29) is 16.7 Å². The van der Waals surface area contributed by atoms with E-state index in [4.69, 9.17) is 9.16 Å². The molecule has 0 saturated carbocycles. The van der Waals surface area contributed by atoms with E-state index in [2.05, 4.69) is 54.6 Å². The Labute approximate surface area is 102 Å². The fraction of sp³-hybridized carbons (Fsp3) is 1.00. The number of ether oxygens (including phenoxy) is 1. The highest BCUT2D eigenvalue weighted by molar-refractivity contribution is 6.74. The second-order valence-corrected chi connectivity index (χ2v) is 11.5. The summed E-state index contributed by atoms with van der Waals surface area (Å²) in [5, 5.41) is 0.272. The third-order valence-corrected chi connectivity index (χ3v) is 8.99. The summed E-state index contributed by atoms with van der Waals surface area (Å²) in [5.41, 5.74) is -0.0374. The Hall–Kier alpha value is 0.137. The van der Waals surface area contributed by atoms with Crippen LogP contribution in [0.4, 0.5) is 0 Å². The van der Waals surface area contributed by atoms with Crippen molar-refractivity contribution in [3.63, 3.8) is 0 Å². The van der Waals surface area contributed by atoms with Crippen molar-refractivity contribution in [2.24, 2.45) is 0 Å². The summed E-state index contributed by atoms with van der Waals surface area (Å²) in [5.74, 6) is 0. The second kappa shape index (κ2) is 4.11. The number of epoxide rings is 1. The van der Waals surface area contributed by atoms with Crippen molar-refractivity contribution >= 4 is 8.32 Å². The first-order chi connectivity index (χ1) is 7.04. The van der Waals surface area contributed by atoms with Crippen molar-refractivity contribution in [1.82, 2.24) is 0 Å². The predicted molar refractivity (Wildman–Crippen MR) is 71.3 cm³/mol. The maximum atomic E-state index is 6.38. The minimum atomic E-state index is -1.66. The van der Waals surface area contributed by atoms with E-state index in [1.165, 1.54) is 0 Å². The van der Waals surface area contributed by atoms with Crippen LogP contribution in [0.25, 0.3) is 0 Å². The Morgan fingerprint density at radius 1 is 1.38 bits per heavy atom. The van der Waals surface area contributed by atoms with E-state index >= 15 is 0 Å². The third-order valence-electron chi connectivity index (χ3n) is 4.43. The van der Waals surface area contributed by atoms with Crippen molar-refractivity contribution < 1.29 is 9.16 Å². The monoisotopic (exact) mass is 244 g/mol. The summed E-state index contributed by atoms with van der Waals surface area (Å²) in [4.78, 5) is 0. The summed E-state index contributed by atoms with van der Waals surface area (Å²) in [7, 11) is -1.66. The van der Waals surface area contributed by atoms with Crippen molar-refractivity contribution in [3.05, 3.63) is 0 Å². The zero-order valence-corrected chi connectivity index (χ0v) is 13.2. The lowest BCUT2D eigenvalue weighted by Gasteiger charge is -2.39. The minimum Gasteiger partial charge on any atom is -0.411 e. The van der Waals surface area contributed by atoms with Crippen LogP contribution in [0.5, 0.6) is 0 Å². The van der Waals surface area contributed by atoms with Gasteiger partial charge in [0.05, 0.1) is 12.2 Å². The SMILES string of the molecule is CC[C@@H]1O[C@@]1(C)[C@H](C)O[Si](C)(C)C(C)(C)C. The summed E-state index contributed by atoms with van der Waals surface area (Å²) >= 11 is 0. The van der Waals surface area contributed by atoms with Crippen LogP contribution in [0.2, 0.25) is 18.1 Å². The Bertz CT molecular complexity index is 257. The smallest absolute Gasteiger partial charge is 0.192 e. The molecule has 1 saturated heterocycles. The average molecular weight is 244 g/mol. The summed E-state index contributed by atoms with van der Waals surface area (Å²) in [6.45, 7) is 18.0. The number of rotatable bonds is 4. The Morgan fingerprint density at radius 3 is 2.19 bits per heavy atom. The molecule has 1 heterocycles. The van der Waals surface area contributed by atoms with E-state index < -0.39 is 8.32 Å². The largest absolute Gasteiger partial charge is 0.411 e. The van der Waals surface area contributed by atoms with Crippen LogP contribution in [0, 0.1) is 0 Å². The highest BCUT2D eigenvalue weighted by atomic mass is 28.4. The number of hydrogen-bond acceptors (Lipinski definition) is 2. The lowest BCUT2D eigenvalue weighted by atomic mass is 10.0. The van der Waals surface area contributed by atoms with Gasteiger partial charge in [-0.25, -0.2) is 0 Å². The van der Waals surface area contributed by atoms with Gasteiger partial charge >= 0.3 is 0 Å². The molecule has 0 aromatic rings. The summed E-state index contributed by atoms with van der Waals surface area (Å²) < 4.78 is 12.1. The maximum absolute atomic E-state index is 6.38. The molecule has 3 heteroatoms. The molecular formula is C13H28O2Si. The van der Waals surface area contributed by atoms with Gasteiger partial charge in [-0.1, -0.05) is 27.7 Å². The van der Waals surface area contributed by atoms with Crippen LogP contribution in [-0.2, 0) is 9.16 Å². The molecule has 0 aliphatic carbocycles.